The molecule has 2 bridgehead atoms. The van der Waals surface area contributed by atoms with Crippen LogP contribution in [0.25, 0.3) is 44.6 Å². The summed E-state index contributed by atoms with van der Waals surface area (Å²) in [6, 6.07) is 16.8. The minimum absolute atomic E-state index is 0.0424. The Hall–Kier alpha value is -5.12. The standard InChI is InChI=1S/C38H40N6O4/c1-20-10-22-11-27(20)19-43(17-22)38(47)26-13-30-34(33(16-26)48-3)42(2)37(41-30)32-15-24-7-6-23(14-31(24)44(32)18-21-4-5-21)28-9-8-25(35(39)45)12-29(28)36(40)46/h6-9,12-16,20-22,27H,4-5,10-11,17-19H2,1-3H3,(H2,39,45)(H2,40,46)/t20-,22?,27?/m0/s1. The maximum atomic E-state index is 13.8. The third-order valence-corrected chi connectivity index (χ3v) is 10.9. The maximum absolute atomic E-state index is 13.8. The lowest BCUT2D eigenvalue weighted by Crippen LogP contribution is -2.41. The minimum atomic E-state index is -0.629. The zero-order chi connectivity index (χ0) is 33.4. The van der Waals surface area contributed by atoms with Crippen LogP contribution in [0.2, 0.25) is 0 Å². The lowest BCUT2D eigenvalue weighted by Gasteiger charge is -2.32. The fourth-order valence-electron chi connectivity index (χ4n) is 8.23. The van der Waals surface area contributed by atoms with Gasteiger partial charge in [0.2, 0.25) is 11.8 Å². The highest BCUT2D eigenvalue weighted by Crippen LogP contribution is 2.42. The van der Waals surface area contributed by atoms with Crippen molar-refractivity contribution < 1.29 is 19.1 Å². The number of ether oxygens (including phenoxy) is 1. The van der Waals surface area contributed by atoms with Crippen molar-refractivity contribution in [3.8, 4) is 28.4 Å². The zero-order valence-corrected chi connectivity index (χ0v) is 27.5. The molecule has 3 fully saturated rings. The van der Waals surface area contributed by atoms with E-state index in [1.54, 1.807) is 19.2 Å². The van der Waals surface area contributed by atoms with E-state index in [1.807, 2.05) is 36.2 Å². The number of nitrogens with zero attached hydrogens (tertiary/aromatic N) is 4. The van der Waals surface area contributed by atoms with Gasteiger partial charge in [0.05, 0.1) is 18.3 Å². The molecular formula is C38H40N6O4. The van der Waals surface area contributed by atoms with Crippen LogP contribution in [-0.4, -0.2) is 56.9 Å². The van der Waals surface area contributed by atoms with E-state index in [2.05, 4.69) is 28.2 Å². The van der Waals surface area contributed by atoms with E-state index < -0.39 is 11.8 Å². The summed E-state index contributed by atoms with van der Waals surface area (Å²) >= 11 is 0. The van der Waals surface area contributed by atoms with Crippen LogP contribution in [-0.2, 0) is 13.6 Å². The molecule has 3 atom stereocenters. The van der Waals surface area contributed by atoms with Gasteiger partial charge in [-0.3, -0.25) is 14.4 Å². The maximum Gasteiger partial charge on any atom is 0.254 e. The van der Waals surface area contributed by atoms with Crippen molar-refractivity contribution in [1.29, 1.82) is 0 Å². The monoisotopic (exact) mass is 644 g/mol. The van der Waals surface area contributed by atoms with Crippen LogP contribution in [0, 0.1) is 23.7 Å². The van der Waals surface area contributed by atoms with Gasteiger partial charge in [-0.1, -0.05) is 25.1 Å². The number of benzene rings is 3. The van der Waals surface area contributed by atoms with Gasteiger partial charge in [0, 0.05) is 54.3 Å². The second kappa shape index (κ2) is 11.2. The van der Waals surface area contributed by atoms with Gasteiger partial charge in [0.1, 0.15) is 11.3 Å². The first-order chi connectivity index (χ1) is 23.1. The number of imidazole rings is 1. The quantitative estimate of drug-likeness (QED) is 0.227. The van der Waals surface area contributed by atoms with E-state index in [0.29, 0.717) is 46.1 Å². The molecule has 0 spiro atoms. The van der Waals surface area contributed by atoms with Gasteiger partial charge in [-0.25, -0.2) is 4.98 Å². The second-order valence-corrected chi connectivity index (χ2v) is 14.2. The lowest BCUT2D eigenvalue weighted by atomic mass is 9.95. The van der Waals surface area contributed by atoms with Gasteiger partial charge >= 0.3 is 0 Å². The fourth-order valence-corrected chi connectivity index (χ4v) is 8.23. The number of aryl methyl sites for hydroxylation is 1. The van der Waals surface area contributed by atoms with Crippen molar-refractivity contribution in [2.75, 3.05) is 20.2 Å². The van der Waals surface area contributed by atoms with Crippen molar-refractivity contribution in [3.05, 3.63) is 71.3 Å². The van der Waals surface area contributed by atoms with Crippen molar-refractivity contribution in [1.82, 2.24) is 19.0 Å². The fraction of sp³-hybridized carbons (Fsp3) is 0.368. The largest absolute Gasteiger partial charge is 0.494 e. The molecule has 10 nitrogen and oxygen atoms in total. The third-order valence-electron chi connectivity index (χ3n) is 10.9. The Kier molecular flexibility index (Phi) is 7.08. The van der Waals surface area contributed by atoms with Gasteiger partial charge in [-0.15, -0.1) is 0 Å². The molecule has 48 heavy (non-hydrogen) atoms. The third kappa shape index (κ3) is 5.01. The van der Waals surface area contributed by atoms with Crippen molar-refractivity contribution in [2.24, 2.45) is 42.2 Å². The first-order valence-electron chi connectivity index (χ1n) is 16.8. The highest BCUT2D eigenvalue weighted by Gasteiger charge is 2.39. The van der Waals surface area contributed by atoms with Crippen LogP contribution < -0.4 is 16.2 Å². The highest BCUT2D eigenvalue weighted by molar-refractivity contribution is 6.04. The van der Waals surface area contributed by atoms with Crippen LogP contribution >= 0.6 is 0 Å². The Morgan fingerprint density at radius 1 is 0.938 bits per heavy atom. The SMILES string of the molecule is COc1cc(C(=O)N2CC3CC(C2)[C@@H](C)C3)cc2nc(-c3cc4ccc(-c5ccc(C(N)=O)cc5C(N)=O)cc4n3CC3CC3)n(C)c12. The molecule has 2 aromatic heterocycles. The van der Waals surface area contributed by atoms with Crippen molar-refractivity contribution >= 4 is 39.7 Å². The van der Waals surface area contributed by atoms with Gasteiger partial charge in [-0.2, -0.15) is 0 Å². The first kappa shape index (κ1) is 30.2. The summed E-state index contributed by atoms with van der Waals surface area (Å²) in [4.78, 5) is 45.3. The van der Waals surface area contributed by atoms with Crippen LogP contribution in [0.5, 0.6) is 5.75 Å². The Balaban J connectivity index is 1.23. The molecule has 10 heteroatoms. The van der Waals surface area contributed by atoms with Gasteiger partial charge in [-0.05, 0) is 96.9 Å². The summed E-state index contributed by atoms with van der Waals surface area (Å²) in [6.45, 7) is 4.76. The Bertz CT molecular complexity index is 2160. The first-order valence-corrected chi connectivity index (χ1v) is 16.8. The van der Waals surface area contributed by atoms with Crippen LogP contribution in [0.3, 0.4) is 0 Å². The van der Waals surface area contributed by atoms with Gasteiger partial charge in [0.15, 0.2) is 5.82 Å². The number of methoxy groups -OCH3 is 1. The molecule has 3 aliphatic rings. The molecular weight excluding hydrogens is 604 g/mol. The summed E-state index contributed by atoms with van der Waals surface area (Å²) in [5, 5.41) is 1.03. The van der Waals surface area contributed by atoms with Crippen molar-refractivity contribution in [2.45, 2.75) is 39.2 Å². The number of hydrogen-bond donors (Lipinski definition) is 2. The number of carbonyl (C=O) groups excluding carboxylic acids is 3. The van der Waals surface area contributed by atoms with E-state index in [-0.39, 0.29) is 17.0 Å². The molecule has 1 saturated heterocycles. The molecule has 246 valence electrons. The number of piperidine rings is 1. The highest BCUT2D eigenvalue weighted by atomic mass is 16.5. The minimum Gasteiger partial charge on any atom is -0.494 e. The summed E-state index contributed by atoms with van der Waals surface area (Å²) in [5.41, 5.74) is 17.3. The lowest BCUT2D eigenvalue weighted by molar-refractivity contribution is 0.0653. The smallest absolute Gasteiger partial charge is 0.254 e. The predicted octanol–water partition coefficient (Wildman–Crippen LogP) is 5.60. The molecule has 1 aliphatic heterocycles. The van der Waals surface area contributed by atoms with E-state index in [9.17, 15) is 14.4 Å². The van der Waals surface area contributed by atoms with Gasteiger partial charge in [0.25, 0.3) is 5.91 Å². The van der Waals surface area contributed by atoms with E-state index >= 15 is 0 Å². The molecule has 2 unspecified atom stereocenters. The molecule has 2 aliphatic carbocycles. The number of fused-ring (bicyclic) bond motifs is 4. The second-order valence-electron chi connectivity index (χ2n) is 14.2. The summed E-state index contributed by atoms with van der Waals surface area (Å²) in [5.74, 6) is 2.58. The predicted molar refractivity (Wildman–Crippen MR) is 185 cm³/mol. The molecule has 2 saturated carbocycles. The number of amides is 3. The molecule has 3 heterocycles. The Morgan fingerprint density at radius 2 is 1.75 bits per heavy atom. The number of hydrogen-bond acceptors (Lipinski definition) is 5. The van der Waals surface area contributed by atoms with Crippen LogP contribution in [0.1, 0.15) is 63.7 Å². The molecule has 8 rings (SSSR count). The number of primary amides is 2. The average molecular weight is 645 g/mol. The number of nitrogens with two attached hydrogens (primary N) is 2. The number of carbonyl (C=O) groups is 3. The van der Waals surface area contributed by atoms with Gasteiger partial charge < -0.3 is 30.2 Å². The van der Waals surface area contributed by atoms with Crippen molar-refractivity contribution in [3.63, 3.8) is 0 Å². The van der Waals surface area contributed by atoms with E-state index in [1.165, 1.54) is 18.9 Å². The summed E-state index contributed by atoms with van der Waals surface area (Å²) in [6.07, 6.45) is 4.75. The molecule has 3 amide bonds. The van der Waals surface area contributed by atoms with Crippen LogP contribution in [0.4, 0.5) is 0 Å². The summed E-state index contributed by atoms with van der Waals surface area (Å²) < 4.78 is 10.2. The zero-order valence-electron chi connectivity index (χ0n) is 27.5. The van der Waals surface area contributed by atoms with E-state index in [0.717, 1.165) is 66.0 Å². The Labute approximate surface area is 278 Å². The Morgan fingerprint density at radius 3 is 2.46 bits per heavy atom. The molecule has 0 radical (unpaired) electrons. The average Bonchev–Trinajstić information content (AvgIpc) is 3.67. The molecule has 3 aromatic carbocycles. The summed E-state index contributed by atoms with van der Waals surface area (Å²) in [7, 11) is 3.63. The molecule has 5 aromatic rings. The number of likely N-dealkylation sites (tertiary alicyclic amines) is 1. The number of rotatable bonds is 8. The number of aromatic nitrogens is 3. The normalized spacial score (nSPS) is 20.5. The topological polar surface area (TPSA) is 138 Å². The van der Waals surface area contributed by atoms with E-state index in [4.69, 9.17) is 21.2 Å². The van der Waals surface area contributed by atoms with Crippen LogP contribution in [0.15, 0.2) is 54.6 Å². The molecule has 4 N–H and O–H groups in total.